The molecule has 114 valence electrons. The Kier molecular flexibility index (Phi) is 4.50. The Morgan fingerprint density at radius 1 is 1.09 bits per heavy atom. The summed E-state index contributed by atoms with van der Waals surface area (Å²) in [5, 5.41) is 2.46. The van der Waals surface area contributed by atoms with E-state index < -0.39 is 29.1 Å². The minimum absolute atomic E-state index is 0.239. The molecule has 0 fully saturated rings. The van der Waals surface area contributed by atoms with E-state index in [1.807, 2.05) is 0 Å². The van der Waals surface area contributed by atoms with Gasteiger partial charge >= 0.3 is 5.97 Å². The second-order valence-corrected chi connectivity index (χ2v) is 4.60. The largest absolute Gasteiger partial charge is 0.465 e. The summed E-state index contributed by atoms with van der Waals surface area (Å²) in [6.07, 6.45) is 0. The first-order valence-electron chi connectivity index (χ1n) is 6.37. The first-order valence-corrected chi connectivity index (χ1v) is 6.37. The molecule has 0 aliphatic heterocycles. The molecular formula is C16H13F2NO3. The van der Waals surface area contributed by atoms with Crippen molar-refractivity contribution in [1.29, 1.82) is 0 Å². The predicted octanol–water partition coefficient (Wildman–Crippen LogP) is 3.31. The quantitative estimate of drug-likeness (QED) is 0.885. The van der Waals surface area contributed by atoms with Crippen molar-refractivity contribution in [3.63, 3.8) is 0 Å². The summed E-state index contributed by atoms with van der Waals surface area (Å²) in [5.41, 5.74) is 0.806. The molecule has 1 amide bonds. The third kappa shape index (κ3) is 3.28. The van der Waals surface area contributed by atoms with Crippen molar-refractivity contribution in [1.82, 2.24) is 0 Å². The Morgan fingerprint density at radius 2 is 1.82 bits per heavy atom. The smallest absolute Gasteiger partial charge is 0.337 e. The van der Waals surface area contributed by atoms with Gasteiger partial charge in [-0.2, -0.15) is 0 Å². The summed E-state index contributed by atoms with van der Waals surface area (Å²) in [4.78, 5) is 23.5. The topological polar surface area (TPSA) is 55.4 Å². The Morgan fingerprint density at radius 3 is 2.50 bits per heavy atom. The second kappa shape index (κ2) is 6.34. The lowest BCUT2D eigenvalue weighted by Crippen LogP contribution is -2.15. The number of carbonyl (C=O) groups is 2. The van der Waals surface area contributed by atoms with Gasteiger partial charge in [0.15, 0.2) is 0 Å². The van der Waals surface area contributed by atoms with Crippen molar-refractivity contribution in [2.75, 3.05) is 12.4 Å². The van der Waals surface area contributed by atoms with Crippen LogP contribution in [0.15, 0.2) is 36.4 Å². The molecule has 4 nitrogen and oxygen atoms in total. The number of halogens is 2. The summed E-state index contributed by atoms with van der Waals surface area (Å²) in [5.74, 6) is -2.91. The molecule has 0 aliphatic rings. The highest BCUT2D eigenvalue weighted by atomic mass is 19.1. The number of esters is 1. The number of hydrogen-bond donors (Lipinski definition) is 1. The van der Waals surface area contributed by atoms with E-state index >= 15 is 0 Å². The minimum Gasteiger partial charge on any atom is -0.465 e. The lowest BCUT2D eigenvalue weighted by atomic mass is 10.1. The number of aryl methyl sites for hydroxylation is 1. The van der Waals surface area contributed by atoms with Crippen LogP contribution in [0.25, 0.3) is 0 Å². The molecule has 0 heterocycles. The standard InChI is InChI=1S/C16H13F2NO3/c1-9-3-4-10(16(21)22-2)7-14(9)19-15(20)12-8-11(17)5-6-13(12)18/h3-8H,1-2H3,(H,19,20). The van der Waals surface area contributed by atoms with Crippen LogP contribution in [0, 0.1) is 18.6 Å². The molecule has 2 rings (SSSR count). The Bertz CT molecular complexity index is 744. The second-order valence-electron chi connectivity index (χ2n) is 4.60. The number of ether oxygens (including phenoxy) is 1. The van der Waals surface area contributed by atoms with Gasteiger partial charge in [-0.1, -0.05) is 6.07 Å². The lowest BCUT2D eigenvalue weighted by molar-refractivity contribution is 0.0600. The van der Waals surface area contributed by atoms with Crippen LogP contribution in [0.1, 0.15) is 26.3 Å². The van der Waals surface area contributed by atoms with Gasteiger partial charge in [0.05, 0.1) is 18.2 Å². The van der Waals surface area contributed by atoms with Crippen LogP contribution >= 0.6 is 0 Å². The van der Waals surface area contributed by atoms with E-state index in [1.54, 1.807) is 19.1 Å². The van der Waals surface area contributed by atoms with Crippen molar-refractivity contribution >= 4 is 17.6 Å². The van der Waals surface area contributed by atoms with Crippen molar-refractivity contribution in [2.24, 2.45) is 0 Å². The van der Waals surface area contributed by atoms with Gasteiger partial charge in [0.2, 0.25) is 0 Å². The van der Waals surface area contributed by atoms with Crippen molar-refractivity contribution in [2.45, 2.75) is 6.92 Å². The molecule has 22 heavy (non-hydrogen) atoms. The number of hydrogen-bond acceptors (Lipinski definition) is 3. The average Bonchev–Trinajstić information content (AvgIpc) is 2.50. The molecule has 0 aliphatic carbocycles. The first kappa shape index (κ1) is 15.6. The van der Waals surface area contributed by atoms with Gasteiger partial charge in [-0.15, -0.1) is 0 Å². The maximum atomic E-state index is 13.6. The Labute approximate surface area is 125 Å². The molecule has 2 aromatic rings. The number of amides is 1. The normalized spacial score (nSPS) is 10.2. The SMILES string of the molecule is COC(=O)c1ccc(C)c(NC(=O)c2cc(F)ccc2F)c1. The highest BCUT2D eigenvalue weighted by Gasteiger charge is 2.15. The first-order chi connectivity index (χ1) is 10.4. The van der Waals surface area contributed by atoms with Crippen LogP contribution in [-0.2, 0) is 4.74 Å². The molecule has 0 unspecified atom stereocenters. The maximum absolute atomic E-state index is 13.6. The van der Waals surface area contributed by atoms with Crippen LogP contribution < -0.4 is 5.32 Å². The third-order valence-corrected chi connectivity index (χ3v) is 3.08. The monoisotopic (exact) mass is 305 g/mol. The van der Waals surface area contributed by atoms with E-state index in [9.17, 15) is 18.4 Å². The van der Waals surface area contributed by atoms with Gasteiger partial charge in [0.25, 0.3) is 5.91 Å². The molecule has 0 saturated heterocycles. The van der Waals surface area contributed by atoms with Crippen molar-refractivity contribution in [3.05, 3.63) is 64.7 Å². The van der Waals surface area contributed by atoms with Gasteiger partial charge in [-0.05, 0) is 42.8 Å². The number of methoxy groups -OCH3 is 1. The highest BCUT2D eigenvalue weighted by Crippen LogP contribution is 2.19. The zero-order valence-corrected chi connectivity index (χ0v) is 11.9. The van der Waals surface area contributed by atoms with Crippen molar-refractivity contribution in [3.8, 4) is 0 Å². The summed E-state index contributed by atoms with van der Waals surface area (Å²) in [6, 6.07) is 7.18. The van der Waals surface area contributed by atoms with Gasteiger partial charge in [-0.3, -0.25) is 4.79 Å². The molecular weight excluding hydrogens is 292 g/mol. The molecule has 2 aromatic carbocycles. The molecule has 0 radical (unpaired) electrons. The summed E-state index contributed by atoms with van der Waals surface area (Å²) in [7, 11) is 1.24. The Balaban J connectivity index is 2.32. The van der Waals surface area contributed by atoms with Crippen LogP contribution in [0.2, 0.25) is 0 Å². The van der Waals surface area contributed by atoms with Crippen LogP contribution in [-0.4, -0.2) is 19.0 Å². The number of carbonyl (C=O) groups excluding carboxylic acids is 2. The fourth-order valence-electron chi connectivity index (χ4n) is 1.86. The highest BCUT2D eigenvalue weighted by molar-refractivity contribution is 6.05. The van der Waals surface area contributed by atoms with E-state index in [4.69, 9.17) is 0 Å². The summed E-state index contributed by atoms with van der Waals surface area (Å²) >= 11 is 0. The number of anilines is 1. The molecule has 1 N–H and O–H groups in total. The lowest BCUT2D eigenvalue weighted by Gasteiger charge is -2.10. The number of benzene rings is 2. The fourth-order valence-corrected chi connectivity index (χ4v) is 1.86. The minimum atomic E-state index is -0.833. The summed E-state index contributed by atoms with van der Waals surface area (Å²) in [6.45, 7) is 1.71. The van der Waals surface area contributed by atoms with Crippen LogP contribution in [0.5, 0.6) is 0 Å². The van der Waals surface area contributed by atoms with E-state index in [0.717, 1.165) is 18.2 Å². The van der Waals surface area contributed by atoms with E-state index in [1.165, 1.54) is 13.2 Å². The predicted molar refractivity (Wildman–Crippen MR) is 76.8 cm³/mol. The summed E-state index contributed by atoms with van der Waals surface area (Å²) < 4.78 is 31.3. The molecule has 0 bridgehead atoms. The van der Waals surface area contributed by atoms with Crippen molar-refractivity contribution < 1.29 is 23.1 Å². The third-order valence-electron chi connectivity index (χ3n) is 3.08. The fraction of sp³-hybridized carbons (Fsp3) is 0.125. The average molecular weight is 305 g/mol. The molecule has 0 saturated carbocycles. The number of nitrogens with one attached hydrogen (secondary N) is 1. The molecule has 0 atom stereocenters. The van der Waals surface area contributed by atoms with E-state index in [2.05, 4.69) is 10.1 Å². The van der Waals surface area contributed by atoms with Crippen LogP contribution in [0.3, 0.4) is 0 Å². The van der Waals surface area contributed by atoms with Crippen LogP contribution in [0.4, 0.5) is 14.5 Å². The Hall–Kier alpha value is -2.76. The molecule has 0 aromatic heterocycles. The zero-order valence-electron chi connectivity index (χ0n) is 11.9. The number of rotatable bonds is 3. The van der Waals surface area contributed by atoms with E-state index in [0.29, 0.717) is 11.3 Å². The van der Waals surface area contributed by atoms with Gasteiger partial charge in [0, 0.05) is 5.69 Å². The van der Waals surface area contributed by atoms with Gasteiger partial charge in [-0.25, -0.2) is 13.6 Å². The van der Waals surface area contributed by atoms with Gasteiger partial charge in [0.1, 0.15) is 11.6 Å². The van der Waals surface area contributed by atoms with E-state index in [-0.39, 0.29) is 5.56 Å². The zero-order chi connectivity index (χ0) is 16.3. The van der Waals surface area contributed by atoms with Gasteiger partial charge < -0.3 is 10.1 Å². The maximum Gasteiger partial charge on any atom is 0.337 e. The molecule has 6 heteroatoms. The molecule has 0 spiro atoms.